The van der Waals surface area contributed by atoms with E-state index >= 15 is 0 Å². The zero-order valence-electron chi connectivity index (χ0n) is 11.4. The van der Waals surface area contributed by atoms with Gasteiger partial charge in [0.05, 0.1) is 10.2 Å². The molecule has 1 heterocycles. The smallest absolute Gasteiger partial charge is 0.327 e. The Kier molecular flexibility index (Phi) is 3.71. The second kappa shape index (κ2) is 5.16. The molecule has 0 spiro atoms. The molecule has 0 amide bonds. The minimum Gasteiger partial charge on any atom is -0.480 e. The second-order valence-corrected chi connectivity index (χ2v) is 6.41. The van der Waals surface area contributed by atoms with Gasteiger partial charge in [0.15, 0.2) is 6.54 Å². The highest BCUT2D eigenvalue weighted by Crippen LogP contribution is 2.37. The van der Waals surface area contributed by atoms with Crippen LogP contribution in [0.3, 0.4) is 0 Å². The minimum absolute atomic E-state index is 0.166. The van der Waals surface area contributed by atoms with Crippen LogP contribution in [0.15, 0.2) is 27.2 Å². The first kappa shape index (κ1) is 14.4. The van der Waals surface area contributed by atoms with Crippen molar-refractivity contribution in [2.75, 3.05) is 6.54 Å². The lowest BCUT2D eigenvalue weighted by Gasteiger charge is -2.20. The standard InChI is InChI=1S/C13H15N3O3S/c1-13(2,3)7-4-5-8-11(15-12(19)20-8)10(7)16-14-6-9(17)18/h4-5H,6H2,1-3H3,(H,15,19)(H,17,18). The molecule has 6 nitrogen and oxygen atoms in total. The number of benzene rings is 1. The number of nitrogens with one attached hydrogen (secondary N) is 1. The fraction of sp³-hybridized carbons (Fsp3) is 0.385. The Bertz CT molecular complexity index is 737. The summed E-state index contributed by atoms with van der Waals surface area (Å²) >= 11 is 1.10. The van der Waals surface area contributed by atoms with Gasteiger partial charge in [-0.25, -0.2) is 0 Å². The number of aliphatic carboxylic acids is 1. The van der Waals surface area contributed by atoms with Crippen LogP contribution in [0.5, 0.6) is 0 Å². The van der Waals surface area contributed by atoms with Crippen LogP contribution in [-0.2, 0) is 10.2 Å². The zero-order chi connectivity index (χ0) is 14.9. The number of carbonyl (C=O) groups is 1. The summed E-state index contributed by atoms with van der Waals surface area (Å²) in [5.74, 6) is -1.04. The Labute approximate surface area is 119 Å². The van der Waals surface area contributed by atoms with Crippen molar-refractivity contribution in [3.8, 4) is 0 Å². The highest BCUT2D eigenvalue weighted by molar-refractivity contribution is 7.16. The summed E-state index contributed by atoms with van der Waals surface area (Å²) in [4.78, 5) is 24.6. The minimum atomic E-state index is -1.04. The third kappa shape index (κ3) is 2.93. The fourth-order valence-electron chi connectivity index (χ4n) is 1.88. The molecule has 7 heteroatoms. The molecule has 2 N–H and O–H groups in total. The number of thiazole rings is 1. The Morgan fingerprint density at radius 2 is 2.10 bits per heavy atom. The number of nitrogens with zero attached hydrogens (tertiary/aromatic N) is 2. The van der Waals surface area contributed by atoms with Gasteiger partial charge in [-0.3, -0.25) is 9.59 Å². The zero-order valence-corrected chi connectivity index (χ0v) is 12.2. The number of hydrogen-bond donors (Lipinski definition) is 2. The molecule has 0 aliphatic carbocycles. The predicted molar refractivity (Wildman–Crippen MR) is 78.2 cm³/mol. The summed E-state index contributed by atoms with van der Waals surface area (Å²) in [6.07, 6.45) is 0. The summed E-state index contributed by atoms with van der Waals surface area (Å²) in [5, 5.41) is 16.3. The molecular formula is C13H15N3O3S. The second-order valence-electron chi connectivity index (χ2n) is 5.39. The van der Waals surface area contributed by atoms with Crippen LogP contribution >= 0.6 is 11.3 Å². The maximum Gasteiger partial charge on any atom is 0.327 e. The fourth-order valence-corrected chi connectivity index (χ4v) is 2.62. The summed E-state index contributed by atoms with van der Waals surface area (Å²) in [5.41, 5.74) is 1.87. The largest absolute Gasteiger partial charge is 0.480 e. The van der Waals surface area contributed by atoms with Gasteiger partial charge < -0.3 is 10.1 Å². The molecule has 0 aliphatic rings. The Morgan fingerprint density at radius 1 is 1.40 bits per heavy atom. The Morgan fingerprint density at radius 3 is 2.70 bits per heavy atom. The number of aromatic amines is 1. The lowest BCUT2D eigenvalue weighted by Crippen LogP contribution is -2.11. The van der Waals surface area contributed by atoms with Gasteiger partial charge in [0, 0.05) is 0 Å². The molecule has 0 bridgehead atoms. The van der Waals surface area contributed by atoms with E-state index in [1.807, 2.05) is 32.9 Å². The third-order valence-corrected chi connectivity index (χ3v) is 3.60. The van der Waals surface area contributed by atoms with E-state index in [9.17, 15) is 9.59 Å². The van der Waals surface area contributed by atoms with E-state index in [1.165, 1.54) is 0 Å². The first-order chi connectivity index (χ1) is 9.29. The molecular weight excluding hydrogens is 278 g/mol. The van der Waals surface area contributed by atoms with Crippen molar-refractivity contribution in [2.24, 2.45) is 10.2 Å². The Balaban J connectivity index is 2.64. The molecule has 1 aromatic carbocycles. The van der Waals surface area contributed by atoms with Crippen LogP contribution < -0.4 is 4.87 Å². The molecule has 0 aliphatic heterocycles. The lowest BCUT2D eigenvalue weighted by molar-refractivity contribution is -0.135. The van der Waals surface area contributed by atoms with E-state index in [1.54, 1.807) is 0 Å². The van der Waals surface area contributed by atoms with Gasteiger partial charge in [-0.1, -0.05) is 38.2 Å². The van der Waals surface area contributed by atoms with Gasteiger partial charge in [0.2, 0.25) is 0 Å². The molecule has 106 valence electrons. The van der Waals surface area contributed by atoms with E-state index in [4.69, 9.17) is 5.11 Å². The van der Waals surface area contributed by atoms with Crippen LogP contribution in [0.2, 0.25) is 0 Å². The quantitative estimate of drug-likeness (QED) is 0.851. The number of carboxylic acids is 1. The van der Waals surface area contributed by atoms with E-state index in [0.29, 0.717) is 11.2 Å². The Hall–Kier alpha value is -2.02. The normalized spacial score (nSPS) is 12.3. The molecule has 0 unspecified atom stereocenters. The van der Waals surface area contributed by atoms with Crippen LogP contribution in [0.25, 0.3) is 10.2 Å². The third-order valence-electron chi connectivity index (χ3n) is 2.75. The van der Waals surface area contributed by atoms with Crippen molar-refractivity contribution in [3.63, 3.8) is 0 Å². The van der Waals surface area contributed by atoms with Crippen molar-refractivity contribution in [2.45, 2.75) is 26.2 Å². The van der Waals surface area contributed by atoms with Crippen LogP contribution in [0.1, 0.15) is 26.3 Å². The average molecular weight is 293 g/mol. The van der Waals surface area contributed by atoms with Crippen LogP contribution in [0, 0.1) is 0 Å². The van der Waals surface area contributed by atoms with E-state index in [0.717, 1.165) is 21.6 Å². The summed E-state index contributed by atoms with van der Waals surface area (Å²) < 4.78 is 0.785. The topological polar surface area (TPSA) is 94.9 Å². The molecule has 0 atom stereocenters. The number of rotatable bonds is 3. The highest BCUT2D eigenvalue weighted by Gasteiger charge is 2.21. The van der Waals surface area contributed by atoms with E-state index < -0.39 is 12.5 Å². The van der Waals surface area contributed by atoms with E-state index in [2.05, 4.69) is 15.2 Å². The maximum absolute atomic E-state index is 11.5. The van der Waals surface area contributed by atoms with Gasteiger partial charge in [-0.15, -0.1) is 0 Å². The van der Waals surface area contributed by atoms with Crippen molar-refractivity contribution in [3.05, 3.63) is 27.4 Å². The lowest BCUT2D eigenvalue weighted by atomic mass is 9.85. The number of H-pyrrole nitrogens is 1. The van der Waals surface area contributed by atoms with Gasteiger partial charge in [-0.05, 0) is 17.0 Å². The maximum atomic E-state index is 11.5. The van der Waals surface area contributed by atoms with Crippen LogP contribution in [0.4, 0.5) is 5.69 Å². The van der Waals surface area contributed by atoms with Crippen molar-refractivity contribution in [1.29, 1.82) is 0 Å². The number of hydrogen-bond acceptors (Lipinski definition) is 5. The molecule has 0 saturated carbocycles. The first-order valence-corrected chi connectivity index (χ1v) is 6.86. The molecule has 1 aromatic heterocycles. The van der Waals surface area contributed by atoms with Crippen molar-refractivity contribution in [1.82, 2.24) is 4.98 Å². The van der Waals surface area contributed by atoms with Gasteiger partial charge in [0.25, 0.3) is 0 Å². The monoisotopic (exact) mass is 293 g/mol. The summed E-state index contributed by atoms with van der Waals surface area (Å²) in [6.45, 7) is 5.67. The predicted octanol–water partition coefficient (Wildman–Crippen LogP) is 3.06. The molecule has 20 heavy (non-hydrogen) atoms. The highest BCUT2D eigenvalue weighted by atomic mass is 32.1. The number of fused-ring (bicyclic) bond motifs is 1. The molecule has 2 rings (SSSR count). The molecule has 0 radical (unpaired) electrons. The van der Waals surface area contributed by atoms with Crippen molar-refractivity contribution < 1.29 is 9.90 Å². The first-order valence-electron chi connectivity index (χ1n) is 6.04. The summed E-state index contributed by atoms with van der Waals surface area (Å²) in [6, 6.07) is 3.77. The van der Waals surface area contributed by atoms with Gasteiger partial charge in [0.1, 0.15) is 5.69 Å². The number of azo groups is 1. The molecule has 0 saturated heterocycles. The van der Waals surface area contributed by atoms with Crippen LogP contribution in [-0.4, -0.2) is 22.6 Å². The number of aromatic nitrogens is 1. The van der Waals surface area contributed by atoms with Gasteiger partial charge >= 0.3 is 10.8 Å². The van der Waals surface area contributed by atoms with E-state index in [-0.39, 0.29) is 10.3 Å². The molecule has 0 fully saturated rings. The van der Waals surface area contributed by atoms with Gasteiger partial charge in [-0.2, -0.15) is 10.2 Å². The number of carboxylic acid groups (broad SMARTS) is 1. The molecule has 2 aromatic rings. The van der Waals surface area contributed by atoms with Crippen molar-refractivity contribution >= 4 is 33.2 Å². The SMILES string of the molecule is CC(C)(C)c1ccc2sc(=O)[nH]c2c1N=NCC(=O)O. The summed E-state index contributed by atoms with van der Waals surface area (Å²) in [7, 11) is 0. The average Bonchev–Trinajstić information content (AvgIpc) is 2.67.